The zero-order valence-electron chi connectivity index (χ0n) is 25.5. The lowest BCUT2D eigenvalue weighted by Crippen LogP contribution is -2.46. The van der Waals surface area contributed by atoms with E-state index in [2.05, 4.69) is 41.4 Å². The number of pyridine rings is 1. The zero-order chi connectivity index (χ0) is 31.8. The number of methoxy groups -OCH3 is 1. The lowest BCUT2D eigenvalue weighted by Gasteiger charge is -2.44. The van der Waals surface area contributed by atoms with E-state index in [1.807, 2.05) is 48.5 Å². The van der Waals surface area contributed by atoms with Gasteiger partial charge in [0.05, 0.1) is 40.0 Å². The summed E-state index contributed by atoms with van der Waals surface area (Å²) in [6.07, 6.45) is 5.28. The molecule has 2 N–H and O–H groups in total. The Bertz CT molecular complexity index is 1660. The van der Waals surface area contributed by atoms with Crippen LogP contribution in [0.3, 0.4) is 0 Å². The molecule has 0 saturated carbocycles. The average molecular weight is 718 g/mol. The Kier molecular flexibility index (Phi) is 9.17. The van der Waals surface area contributed by atoms with Crippen LogP contribution in [-0.4, -0.2) is 47.3 Å². The van der Waals surface area contributed by atoms with Gasteiger partial charge in [0.2, 0.25) is 11.8 Å². The van der Waals surface area contributed by atoms with Gasteiger partial charge in [-0.15, -0.1) is 0 Å². The van der Waals surface area contributed by atoms with E-state index in [0.717, 1.165) is 28.0 Å². The number of ether oxygens (including phenoxy) is 1. The van der Waals surface area contributed by atoms with Gasteiger partial charge in [0.1, 0.15) is 0 Å². The second-order valence-corrected chi connectivity index (χ2v) is 13.4. The second kappa shape index (κ2) is 13.1. The molecule has 2 aromatic carbocycles. The maximum absolute atomic E-state index is 14.0. The largest absolute Gasteiger partial charge is 0.504 e. The summed E-state index contributed by atoms with van der Waals surface area (Å²) in [5.74, 6) is -0.997. The number of para-hydroxylation sites is 1. The quantitative estimate of drug-likeness (QED) is 0.121. The van der Waals surface area contributed by atoms with Crippen LogP contribution in [0, 0.1) is 27.2 Å². The fourth-order valence-electron chi connectivity index (χ4n) is 7.23. The van der Waals surface area contributed by atoms with E-state index >= 15 is 0 Å². The summed E-state index contributed by atoms with van der Waals surface area (Å²) in [4.78, 5) is 33.7. The Morgan fingerprint density at radius 3 is 2.58 bits per heavy atom. The third kappa shape index (κ3) is 6.07. The van der Waals surface area contributed by atoms with Crippen LogP contribution in [0.25, 0.3) is 11.6 Å². The first-order valence-electron chi connectivity index (χ1n) is 15.4. The van der Waals surface area contributed by atoms with Gasteiger partial charge in [-0.05, 0) is 119 Å². The van der Waals surface area contributed by atoms with Crippen LogP contribution in [-0.2, 0) is 14.2 Å². The summed E-state index contributed by atoms with van der Waals surface area (Å²) in [5.41, 5.74) is 5.43. The molecule has 2 saturated heterocycles. The Balaban J connectivity index is 1.35. The number of allylic oxidation sites excluding steroid dienone is 2. The maximum atomic E-state index is 14.0. The average Bonchev–Trinajstić information content (AvgIpc) is 3.29. The van der Waals surface area contributed by atoms with E-state index in [1.165, 1.54) is 12.0 Å². The van der Waals surface area contributed by atoms with Crippen molar-refractivity contribution >= 4 is 58.9 Å². The highest BCUT2D eigenvalue weighted by Crippen LogP contribution is 2.52. The van der Waals surface area contributed by atoms with Crippen molar-refractivity contribution in [1.29, 1.82) is 0 Å². The van der Waals surface area contributed by atoms with Gasteiger partial charge in [0.25, 0.3) is 0 Å². The van der Waals surface area contributed by atoms with Gasteiger partial charge < -0.3 is 19.5 Å². The number of phenols is 1. The number of amides is 2. The van der Waals surface area contributed by atoms with Crippen LogP contribution in [0.4, 0.5) is 5.69 Å². The van der Waals surface area contributed by atoms with Gasteiger partial charge in [-0.2, -0.15) is 0 Å². The van der Waals surface area contributed by atoms with Gasteiger partial charge in [-0.3, -0.25) is 19.5 Å². The molecular formula is C35H36BIN2O6. The van der Waals surface area contributed by atoms with Gasteiger partial charge >= 0.3 is 7.12 Å². The number of imide groups is 1. The monoisotopic (exact) mass is 718 g/mol. The number of aromatic nitrogens is 1. The van der Waals surface area contributed by atoms with Crippen molar-refractivity contribution < 1.29 is 29.1 Å². The predicted octanol–water partition coefficient (Wildman–Crippen LogP) is 6.38. The molecule has 3 aliphatic rings. The Morgan fingerprint density at radius 2 is 1.89 bits per heavy atom. The number of nitrogens with zero attached hydrogens (tertiary/aromatic N) is 2. The van der Waals surface area contributed by atoms with Crippen LogP contribution < -0.4 is 9.64 Å². The second-order valence-electron chi connectivity index (χ2n) is 12.2. The highest BCUT2D eigenvalue weighted by Gasteiger charge is 2.57. The first-order chi connectivity index (χ1) is 21.7. The normalized spacial score (nSPS) is 23.5. The molecular weight excluding hydrogens is 682 g/mol. The standard InChI is InChI=1S/C35H36BIN2O6/c1-20(2)24-18-25-32(35(42)39(34(25)41)23-9-5-4-6-10-23)26-19-36(43)45-29(31(24)26)13-12-22(28-11-7-8-14-38-28)15-21-16-27(37)33(40)30(17-21)44-3/h4-11,14-17,20,25-26,29,32,40,43H,12-13,18-19H2,1-3H3/b22-15-/t25-,26+,29-,32-/m1/s1. The SMILES string of the molecule is COc1cc(/C=C(/CC[C@H]2OB(O)C[C@H]3C2=C(C(C)C)C[C@H]2C(=O)N(c4ccccc4)C(=O)[C@H]23)c2ccccn2)cc(I)c1O. The van der Waals surface area contributed by atoms with Gasteiger partial charge in [-0.25, -0.2) is 0 Å². The molecule has 1 aromatic heterocycles. The van der Waals surface area contributed by atoms with Crippen LogP contribution in [0.5, 0.6) is 11.5 Å². The first-order valence-corrected chi connectivity index (χ1v) is 16.4. The van der Waals surface area contributed by atoms with Crippen LogP contribution >= 0.6 is 22.6 Å². The molecule has 6 rings (SSSR count). The fraction of sp³-hybridized carbons (Fsp3) is 0.343. The number of carbonyl (C=O) groups excluding carboxylic acids is 2. The summed E-state index contributed by atoms with van der Waals surface area (Å²) < 4.78 is 12.3. The lowest BCUT2D eigenvalue weighted by molar-refractivity contribution is -0.122. The van der Waals surface area contributed by atoms with E-state index in [9.17, 15) is 19.7 Å². The van der Waals surface area contributed by atoms with Crippen molar-refractivity contribution in [3.8, 4) is 11.5 Å². The molecule has 3 heterocycles. The number of fused-ring (bicyclic) bond motifs is 3. The van der Waals surface area contributed by atoms with Crippen molar-refractivity contribution in [2.24, 2.45) is 23.7 Å². The Labute approximate surface area is 277 Å². The molecule has 0 bridgehead atoms. The third-order valence-corrected chi connectivity index (χ3v) is 10.1. The summed E-state index contributed by atoms with van der Waals surface area (Å²) >= 11 is 2.08. The van der Waals surface area contributed by atoms with Crippen molar-refractivity contribution in [3.63, 3.8) is 0 Å². The summed E-state index contributed by atoms with van der Waals surface area (Å²) in [5, 5.41) is 21.4. The molecule has 0 radical (unpaired) electrons. The van der Waals surface area contributed by atoms with Gasteiger partial charge in [0.15, 0.2) is 11.5 Å². The molecule has 2 aliphatic heterocycles. The number of phenolic OH excluding ortho intramolecular Hbond substituents is 1. The van der Waals surface area contributed by atoms with Crippen LogP contribution in [0.1, 0.15) is 44.4 Å². The summed E-state index contributed by atoms with van der Waals surface area (Å²) in [6.45, 7) is 4.24. The fourth-order valence-corrected chi connectivity index (χ4v) is 7.85. The maximum Gasteiger partial charge on any atom is 0.455 e. The summed E-state index contributed by atoms with van der Waals surface area (Å²) in [7, 11) is 0.478. The topological polar surface area (TPSA) is 109 Å². The number of hydrogen-bond donors (Lipinski definition) is 2. The molecule has 8 nitrogen and oxygen atoms in total. The van der Waals surface area contributed by atoms with E-state index < -0.39 is 25.1 Å². The minimum absolute atomic E-state index is 0.0970. The molecule has 0 spiro atoms. The van der Waals surface area contributed by atoms with Crippen LogP contribution in [0.15, 0.2) is 78.0 Å². The molecule has 2 fully saturated rings. The molecule has 0 unspecified atom stereocenters. The van der Waals surface area contributed by atoms with Crippen LogP contribution in [0.2, 0.25) is 6.32 Å². The van der Waals surface area contributed by atoms with Crippen molar-refractivity contribution in [2.75, 3.05) is 12.0 Å². The number of benzene rings is 2. The number of hydrogen-bond acceptors (Lipinski definition) is 7. The third-order valence-electron chi connectivity index (χ3n) is 9.24. The minimum Gasteiger partial charge on any atom is -0.504 e. The van der Waals surface area contributed by atoms with Gasteiger partial charge in [0, 0.05) is 6.20 Å². The molecule has 232 valence electrons. The zero-order valence-corrected chi connectivity index (χ0v) is 27.7. The number of rotatable bonds is 8. The summed E-state index contributed by atoms with van der Waals surface area (Å²) in [6, 6.07) is 18.6. The molecule has 45 heavy (non-hydrogen) atoms. The van der Waals surface area contributed by atoms with Crippen molar-refractivity contribution in [3.05, 3.63) is 92.8 Å². The number of anilines is 1. The highest BCUT2D eigenvalue weighted by molar-refractivity contribution is 14.1. The number of halogens is 1. The first kappa shape index (κ1) is 31.5. The Hall–Kier alpha value is -3.48. The van der Waals surface area contributed by atoms with E-state index in [1.54, 1.807) is 24.4 Å². The van der Waals surface area contributed by atoms with Crippen molar-refractivity contribution in [2.45, 2.75) is 45.5 Å². The predicted molar refractivity (Wildman–Crippen MR) is 182 cm³/mol. The minimum atomic E-state index is -1.05. The lowest BCUT2D eigenvalue weighted by atomic mass is 9.57. The highest BCUT2D eigenvalue weighted by atomic mass is 127. The van der Waals surface area contributed by atoms with Crippen molar-refractivity contribution in [1.82, 2.24) is 4.98 Å². The van der Waals surface area contributed by atoms with Gasteiger partial charge in [-0.1, -0.05) is 43.7 Å². The number of carbonyl (C=O) groups is 2. The molecule has 3 aromatic rings. The molecule has 1 aliphatic carbocycles. The Morgan fingerprint density at radius 1 is 1.13 bits per heavy atom. The molecule has 10 heteroatoms. The van der Waals surface area contributed by atoms with E-state index in [-0.39, 0.29) is 35.7 Å². The molecule has 4 atom stereocenters. The smallest absolute Gasteiger partial charge is 0.455 e. The number of aromatic hydroxyl groups is 1. The van der Waals surface area contributed by atoms with E-state index in [4.69, 9.17) is 9.39 Å². The molecule has 2 amide bonds. The van der Waals surface area contributed by atoms with E-state index in [0.29, 0.717) is 34.3 Å².